The molecule has 2 aromatic carbocycles. The summed E-state index contributed by atoms with van der Waals surface area (Å²) in [4.78, 5) is 11.8. The molecule has 0 saturated heterocycles. The quantitative estimate of drug-likeness (QED) is 0.561. The van der Waals surface area contributed by atoms with E-state index in [0.717, 1.165) is 15.6 Å². The first kappa shape index (κ1) is 15.9. The third-order valence-corrected chi connectivity index (χ3v) is 3.90. The minimum atomic E-state index is -0.432. The van der Waals surface area contributed by atoms with Crippen LogP contribution in [0.5, 0.6) is 11.5 Å². The van der Waals surface area contributed by atoms with E-state index >= 15 is 0 Å². The molecule has 0 spiro atoms. The SMILES string of the molecule is O=C(/C=C/c1cccc(Br)c1)OCc1cc(Cl)c2c(c1)OCO2. The van der Waals surface area contributed by atoms with E-state index in [-0.39, 0.29) is 13.4 Å². The van der Waals surface area contributed by atoms with E-state index < -0.39 is 5.97 Å². The number of esters is 1. The highest BCUT2D eigenvalue weighted by atomic mass is 79.9. The van der Waals surface area contributed by atoms with Crippen LogP contribution in [0.25, 0.3) is 6.08 Å². The lowest BCUT2D eigenvalue weighted by molar-refractivity contribution is -0.138. The third-order valence-electron chi connectivity index (χ3n) is 3.13. The van der Waals surface area contributed by atoms with Gasteiger partial charge in [-0.1, -0.05) is 39.7 Å². The minimum Gasteiger partial charge on any atom is -0.458 e. The Labute approximate surface area is 146 Å². The lowest BCUT2D eigenvalue weighted by Gasteiger charge is -2.05. The normalized spacial score (nSPS) is 12.6. The Balaban J connectivity index is 1.60. The van der Waals surface area contributed by atoms with Gasteiger partial charge in [-0.25, -0.2) is 4.79 Å². The third kappa shape index (κ3) is 4.06. The van der Waals surface area contributed by atoms with Crippen LogP contribution in [0.15, 0.2) is 46.9 Å². The van der Waals surface area contributed by atoms with Crippen LogP contribution in [0.3, 0.4) is 0 Å². The van der Waals surface area contributed by atoms with Crippen molar-refractivity contribution in [2.24, 2.45) is 0 Å². The van der Waals surface area contributed by atoms with Crippen LogP contribution in [0.2, 0.25) is 5.02 Å². The fourth-order valence-corrected chi connectivity index (χ4v) is 2.79. The highest BCUT2D eigenvalue weighted by molar-refractivity contribution is 9.10. The molecule has 0 aromatic heterocycles. The largest absolute Gasteiger partial charge is 0.458 e. The molecular weight excluding hydrogens is 384 g/mol. The first-order chi connectivity index (χ1) is 11.1. The van der Waals surface area contributed by atoms with Gasteiger partial charge in [0.25, 0.3) is 0 Å². The van der Waals surface area contributed by atoms with Crippen molar-refractivity contribution in [2.45, 2.75) is 6.61 Å². The van der Waals surface area contributed by atoms with Gasteiger partial charge in [0.05, 0.1) is 5.02 Å². The van der Waals surface area contributed by atoms with Gasteiger partial charge in [0.1, 0.15) is 6.61 Å². The van der Waals surface area contributed by atoms with Crippen LogP contribution in [-0.2, 0) is 16.1 Å². The lowest BCUT2D eigenvalue weighted by atomic mass is 10.2. The number of carbonyl (C=O) groups excluding carboxylic acids is 1. The Morgan fingerprint density at radius 3 is 3.00 bits per heavy atom. The van der Waals surface area contributed by atoms with Crippen LogP contribution in [0.1, 0.15) is 11.1 Å². The Hall–Kier alpha value is -1.98. The Morgan fingerprint density at radius 1 is 1.30 bits per heavy atom. The summed E-state index contributed by atoms with van der Waals surface area (Å²) < 4.78 is 16.7. The van der Waals surface area contributed by atoms with Crippen molar-refractivity contribution >= 4 is 39.6 Å². The summed E-state index contributed by atoms with van der Waals surface area (Å²) >= 11 is 9.46. The van der Waals surface area contributed by atoms with Gasteiger partial charge < -0.3 is 14.2 Å². The van der Waals surface area contributed by atoms with E-state index in [9.17, 15) is 4.79 Å². The molecule has 0 amide bonds. The summed E-state index contributed by atoms with van der Waals surface area (Å²) in [5, 5.41) is 0.440. The van der Waals surface area contributed by atoms with E-state index in [0.29, 0.717) is 16.5 Å². The van der Waals surface area contributed by atoms with Gasteiger partial charge in [-0.15, -0.1) is 0 Å². The number of rotatable bonds is 4. The van der Waals surface area contributed by atoms with E-state index in [1.54, 1.807) is 18.2 Å². The smallest absolute Gasteiger partial charge is 0.331 e. The Morgan fingerprint density at radius 2 is 2.17 bits per heavy atom. The molecule has 1 aliphatic rings. The molecule has 0 fully saturated rings. The number of hydrogen-bond acceptors (Lipinski definition) is 4. The lowest BCUT2D eigenvalue weighted by Crippen LogP contribution is -2.00. The van der Waals surface area contributed by atoms with Crippen LogP contribution >= 0.6 is 27.5 Å². The van der Waals surface area contributed by atoms with Crippen molar-refractivity contribution in [3.63, 3.8) is 0 Å². The molecule has 0 atom stereocenters. The number of hydrogen-bond donors (Lipinski definition) is 0. The highest BCUT2D eigenvalue weighted by Gasteiger charge is 2.18. The maximum atomic E-state index is 11.8. The van der Waals surface area contributed by atoms with Crippen molar-refractivity contribution in [2.75, 3.05) is 6.79 Å². The summed E-state index contributed by atoms with van der Waals surface area (Å²) in [6.45, 7) is 0.256. The number of benzene rings is 2. The molecule has 0 N–H and O–H groups in total. The number of carbonyl (C=O) groups is 1. The second-order valence-electron chi connectivity index (χ2n) is 4.81. The fraction of sp³-hybridized carbons (Fsp3) is 0.118. The molecule has 3 rings (SSSR count). The molecule has 0 bridgehead atoms. The second-order valence-corrected chi connectivity index (χ2v) is 6.13. The minimum absolute atomic E-state index is 0.109. The Kier molecular flexibility index (Phi) is 4.88. The molecule has 1 heterocycles. The second kappa shape index (κ2) is 7.06. The van der Waals surface area contributed by atoms with Crippen LogP contribution < -0.4 is 9.47 Å². The van der Waals surface area contributed by atoms with Crippen LogP contribution in [0, 0.1) is 0 Å². The van der Waals surface area contributed by atoms with Crippen molar-refractivity contribution in [3.8, 4) is 11.5 Å². The maximum absolute atomic E-state index is 11.8. The maximum Gasteiger partial charge on any atom is 0.331 e. The zero-order valence-corrected chi connectivity index (χ0v) is 14.3. The van der Waals surface area contributed by atoms with Gasteiger partial charge in [-0.05, 0) is 41.5 Å². The molecule has 0 saturated carbocycles. The molecule has 0 unspecified atom stereocenters. The van der Waals surface area contributed by atoms with Gasteiger partial charge in [-0.2, -0.15) is 0 Å². The molecule has 118 valence electrons. The summed E-state index contributed by atoms with van der Waals surface area (Å²) in [5.74, 6) is 0.656. The summed E-state index contributed by atoms with van der Waals surface area (Å²) in [6, 6.07) is 11.1. The van der Waals surface area contributed by atoms with E-state index in [4.69, 9.17) is 25.8 Å². The van der Waals surface area contributed by atoms with Gasteiger partial charge in [0, 0.05) is 10.5 Å². The van der Waals surface area contributed by atoms with Gasteiger partial charge >= 0.3 is 5.97 Å². The predicted octanol–water partition coefficient (Wildman–Crippen LogP) is 4.59. The number of fused-ring (bicyclic) bond motifs is 1. The standard InChI is InChI=1S/C17H12BrClO4/c18-13-3-1-2-11(6-13)4-5-16(20)21-9-12-7-14(19)17-15(8-12)22-10-23-17/h1-8H,9-10H2/b5-4+. The average Bonchev–Trinajstić information content (AvgIpc) is 3.00. The van der Waals surface area contributed by atoms with Crippen LogP contribution in [0.4, 0.5) is 0 Å². The molecular formula is C17H12BrClO4. The predicted molar refractivity (Wildman–Crippen MR) is 90.5 cm³/mol. The average molecular weight is 396 g/mol. The zero-order valence-electron chi connectivity index (χ0n) is 11.9. The highest BCUT2D eigenvalue weighted by Crippen LogP contribution is 2.39. The summed E-state index contributed by atoms with van der Waals surface area (Å²) in [5.41, 5.74) is 1.64. The van der Waals surface area contributed by atoms with Crippen molar-refractivity contribution in [1.29, 1.82) is 0 Å². The van der Waals surface area contributed by atoms with E-state index in [1.165, 1.54) is 6.08 Å². The summed E-state index contributed by atoms with van der Waals surface area (Å²) in [7, 11) is 0. The van der Waals surface area contributed by atoms with Crippen LogP contribution in [-0.4, -0.2) is 12.8 Å². The molecule has 6 heteroatoms. The molecule has 4 nitrogen and oxygen atoms in total. The molecule has 0 aliphatic carbocycles. The number of ether oxygens (including phenoxy) is 3. The first-order valence-corrected chi connectivity index (χ1v) is 7.97. The summed E-state index contributed by atoms with van der Waals surface area (Å²) in [6.07, 6.45) is 3.08. The molecule has 23 heavy (non-hydrogen) atoms. The number of halogens is 2. The topological polar surface area (TPSA) is 44.8 Å². The first-order valence-electron chi connectivity index (χ1n) is 6.80. The van der Waals surface area contributed by atoms with Gasteiger partial charge in [0.15, 0.2) is 11.5 Å². The molecule has 1 aliphatic heterocycles. The van der Waals surface area contributed by atoms with E-state index in [1.807, 2.05) is 24.3 Å². The van der Waals surface area contributed by atoms with Gasteiger partial charge in [-0.3, -0.25) is 0 Å². The monoisotopic (exact) mass is 394 g/mol. The molecule has 0 radical (unpaired) electrons. The Bertz CT molecular complexity index is 773. The van der Waals surface area contributed by atoms with Crippen molar-refractivity contribution < 1.29 is 19.0 Å². The van der Waals surface area contributed by atoms with E-state index in [2.05, 4.69) is 15.9 Å². The fourth-order valence-electron chi connectivity index (χ4n) is 2.08. The van der Waals surface area contributed by atoms with Crippen molar-refractivity contribution in [3.05, 3.63) is 63.1 Å². The zero-order chi connectivity index (χ0) is 16.2. The van der Waals surface area contributed by atoms with Crippen molar-refractivity contribution in [1.82, 2.24) is 0 Å². The van der Waals surface area contributed by atoms with Gasteiger partial charge in [0.2, 0.25) is 6.79 Å². The molecule has 2 aromatic rings.